The smallest absolute Gasteiger partial charge is 0.320 e. The molecule has 10 heteroatoms. The van der Waals surface area contributed by atoms with Crippen LogP contribution in [0.15, 0.2) is 36.4 Å². The van der Waals surface area contributed by atoms with Crippen LogP contribution in [0.4, 0.5) is 10.6 Å². The van der Waals surface area contributed by atoms with Crippen molar-refractivity contribution >= 4 is 23.4 Å². The van der Waals surface area contributed by atoms with Gasteiger partial charge < -0.3 is 14.7 Å². The maximum atomic E-state index is 12.8. The first-order chi connectivity index (χ1) is 16.9. The van der Waals surface area contributed by atoms with E-state index < -0.39 is 0 Å². The summed E-state index contributed by atoms with van der Waals surface area (Å²) in [6.07, 6.45) is 2.06. The molecule has 0 radical (unpaired) electrons. The Hall–Kier alpha value is -3.64. The van der Waals surface area contributed by atoms with Crippen LogP contribution in [0.5, 0.6) is 0 Å². The molecule has 0 N–H and O–H groups in total. The molecule has 1 spiro atoms. The maximum absolute atomic E-state index is 12.8. The number of halogens is 1. The van der Waals surface area contributed by atoms with Gasteiger partial charge in [0.2, 0.25) is 0 Å². The van der Waals surface area contributed by atoms with Crippen molar-refractivity contribution in [1.29, 1.82) is 5.26 Å². The van der Waals surface area contributed by atoms with Crippen molar-refractivity contribution in [3.05, 3.63) is 64.3 Å². The third-order valence-corrected chi connectivity index (χ3v) is 7.57. The van der Waals surface area contributed by atoms with Crippen molar-refractivity contribution in [3.63, 3.8) is 0 Å². The molecule has 0 unspecified atom stereocenters. The van der Waals surface area contributed by atoms with Crippen LogP contribution in [0.3, 0.4) is 0 Å². The molecule has 2 amide bonds. The Kier molecular flexibility index (Phi) is 4.97. The van der Waals surface area contributed by atoms with Gasteiger partial charge in [-0.1, -0.05) is 17.7 Å². The predicted octanol–water partition coefficient (Wildman–Crippen LogP) is 3.57. The molecule has 0 atom stereocenters. The van der Waals surface area contributed by atoms with Crippen molar-refractivity contribution in [1.82, 2.24) is 29.5 Å². The third kappa shape index (κ3) is 3.60. The van der Waals surface area contributed by atoms with E-state index >= 15 is 0 Å². The Morgan fingerprint density at radius 3 is 2.71 bits per heavy atom. The molecule has 1 saturated heterocycles. The van der Waals surface area contributed by atoms with Crippen LogP contribution in [-0.4, -0.2) is 62.8 Å². The van der Waals surface area contributed by atoms with Gasteiger partial charge in [-0.2, -0.15) is 5.26 Å². The Bertz CT molecular complexity index is 1360. The maximum Gasteiger partial charge on any atom is 0.320 e. The fourth-order valence-corrected chi connectivity index (χ4v) is 5.92. The Labute approximate surface area is 208 Å². The summed E-state index contributed by atoms with van der Waals surface area (Å²) < 4.78 is 2.14. The first-order valence-corrected chi connectivity index (χ1v) is 12.0. The lowest BCUT2D eigenvalue weighted by Crippen LogP contribution is -2.62. The Balaban J connectivity index is 1.25. The number of nitrogens with zero attached hydrogens (tertiary/aromatic N) is 8. The third-order valence-electron chi connectivity index (χ3n) is 7.33. The van der Waals surface area contributed by atoms with E-state index in [2.05, 4.69) is 30.7 Å². The highest BCUT2D eigenvalue weighted by Gasteiger charge is 2.54. The van der Waals surface area contributed by atoms with E-state index in [0.717, 1.165) is 54.6 Å². The zero-order valence-electron chi connectivity index (χ0n) is 19.6. The van der Waals surface area contributed by atoms with Gasteiger partial charge in [0, 0.05) is 43.5 Å². The van der Waals surface area contributed by atoms with Gasteiger partial charge in [0.15, 0.2) is 5.82 Å². The second-order valence-electron chi connectivity index (χ2n) is 10.1. The lowest BCUT2D eigenvalue weighted by molar-refractivity contribution is 0.0581. The molecule has 1 aromatic carbocycles. The summed E-state index contributed by atoms with van der Waals surface area (Å²) >= 11 is 6.33. The zero-order chi connectivity index (χ0) is 24.3. The van der Waals surface area contributed by atoms with Gasteiger partial charge in [-0.25, -0.2) is 9.78 Å². The highest BCUT2D eigenvalue weighted by Crippen LogP contribution is 2.56. The summed E-state index contributed by atoms with van der Waals surface area (Å²) in [5.41, 5.74) is 2.68. The topological polar surface area (TPSA) is 94.2 Å². The predicted molar refractivity (Wildman–Crippen MR) is 130 cm³/mol. The number of benzene rings is 1. The minimum atomic E-state index is -0.0693. The molecule has 1 aliphatic carbocycles. The van der Waals surface area contributed by atoms with Gasteiger partial charge in [0.05, 0.1) is 18.8 Å². The van der Waals surface area contributed by atoms with Crippen LogP contribution in [0.2, 0.25) is 5.02 Å². The lowest BCUT2D eigenvalue weighted by Gasteiger charge is -2.59. The average molecular weight is 489 g/mol. The number of rotatable bonds is 2. The molecule has 2 aromatic heterocycles. The zero-order valence-corrected chi connectivity index (χ0v) is 20.4. The second-order valence-corrected chi connectivity index (χ2v) is 10.5. The summed E-state index contributed by atoms with van der Waals surface area (Å²) in [7, 11) is 3.51. The van der Waals surface area contributed by atoms with Crippen molar-refractivity contribution in [3.8, 4) is 11.8 Å². The number of hydrogen-bond donors (Lipinski definition) is 0. The van der Waals surface area contributed by atoms with Gasteiger partial charge in [-0.3, -0.25) is 4.57 Å². The van der Waals surface area contributed by atoms with E-state index in [1.807, 2.05) is 30.3 Å². The number of nitriles is 1. The molecule has 3 aromatic rings. The number of fused-ring (bicyclic) bond motifs is 3. The van der Waals surface area contributed by atoms with Gasteiger partial charge in [-0.15, -0.1) is 10.2 Å². The van der Waals surface area contributed by atoms with Crippen LogP contribution in [-0.2, 0) is 13.1 Å². The first kappa shape index (κ1) is 21.9. The summed E-state index contributed by atoms with van der Waals surface area (Å²) in [6, 6.07) is 13.4. The number of urea groups is 1. The van der Waals surface area contributed by atoms with E-state index in [-0.39, 0.29) is 11.4 Å². The molecule has 4 heterocycles. The highest BCUT2D eigenvalue weighted by molar-refractivity contribution is 6.30. The molecule has 1 saturated carbocycles. The Morgan fingerprint density at radius 2 is 1.97 bits per heavy atom. The highest BCUT2D eigenvalue weighted by atomic mass is 35.5. The quantitative estimate of drug-likeness (QED) is 0.547. The number of hydrogen-bond acceptors (Lipinski definition) is 6. The fourth-order valence-electron chi connectivity index (χ4n) is 5.72. The molecule has 3 aliphatic rings. The number of carbonyl (C=O) groups is 1. The minimum absolute atomic E-state index is 0.0693. The van der Waals surface area contributed by atoms with Crippen molar-refractivity contribution in [2.24, 2.45) is 5.41 Å². The number of anilines is 1. The van der Waals surface area contributed by atoms with Crippen LogP contribution in [0, 0.1) is 16.7 Å². The van der Waals surface area contributed by atoms with Crippen molar-refractivity contribution in [2.75, 3.05) is 32.1 Å². The summed E-state index contributed by atoms with van der Waals surface area (Å²) in [4.78, 5) is 22.8. The Morgan fingerprint density at radius 1 is 1.17 bits per heavy atom. The standard InChI is InChI=1S/C25H25ClN8O/c1-31(2)24(35)32-12-16-8-18(26)6-7-20(16)34-22(13-32)29-30-23(34)17-9-25(10-17)14-33(15-25)21-5-3-4-19(11-27)28-21/h3-8,17H,9-10,12-15H2,1-2H3. The van der Waals surface area contributed by atoms with Crippen LogP contribution in [0.25, 0.3) is 5.69 Å². The molecule has 2 fully saturated rings. The first-order valence-electron chi connectivity index (χ1n) is 11.7. The van der Waals surface area contributed by atoms with Gasteiger partial charge in [-0.05, 0) is 48.7 Å². The molecular formula is C25H25ClN8O. The van der Waals surface area contributed by atoms with Crippen LogP contribution >= 0.6 is 11.6 Å². The lowest BCUT2D eigenvalue weighted by atomic mass is 9.57. The molecule has 0 bridgehead atoms. The van der Waals surface area contributed by atoms with E-state index in [9.17, 15) is 4.79 Å². The monoisotopic (exact) mass is 488 g/mol. The normalized spacial score (nSPS) is 18.1. The number of pyridine rings is 1. The molecule has 6 rings (SSSR count). The van der Waals surface area contributed by atoms with E-state index in [0.29, 0.717) is 29.7 Å². The molecule has 2 aliphatic heterocycles. The van der Waals surface area contributed by atoms with Gasteiger partial charge in [0.1, 0.15) is 23.4 Å². The number of aromatic nitrogens is 4. The van der Waals surface area contributed by atoms with Crippen molar-refractivity contribution in [2.45, 2.75) is 31.8 Å². The SMILES string of the molecule is CN(C)C(=O)N1Cc2cc(Cl)ccc2-n2c(nnc2C2CC3(C2)CN(c2cccc(C#N)n2)C3)C1. The molecule has 35 heavy (non-hydrogen) atoms. The molecular weight excluding hydrogens is 464 g/mol. The van der Waals surface area contributed by atoms with E-state index in [1.165, 1.54) is 0 Å². The van der Waals surface area contributed by atoms with E-state index in [4.69, 9.17) is 16.9 Å². The number of carbonyl (C=O) groups excluding carboxylic acids is 1. The largest absolute Gasteiger partial charge is 0.355 e. The van der Waals surface area contributed by atoms with E-state index in [1.54, 1.807) is 30.0 Å². The minimum Gasteiger partial charge on any atom is -0.355 e. The molecule has 178 valence electrons. The van der Waals surface area contributed by atoms with Gasteiger partial charge in [0.25, 0.3) is 0 Å². The molecule has 9 nitrogen and oxygen atoms in total. The average Bonchev–Trinajstić information content (AvgIpc) is 3.12. The van der Waals surface area contributed by atoms with Crippen LogP contribution in [0.1, 0.15) is 41.7 Å². The summed E-state index contributed by atoms with van der Waals surface area (Å²) in [5.74, 6) is 2.89. The van der Waals surface area contributed by atoms with Crippen molar-refractivity contribution < 1.29 is 4.79 Å². The van der Waals surface area contributed by atoms with Crippen LogP contribution < -0.4 is 4.90 Å². The summed E-state index contributed by atoms with van der Waals surface area (Å²) in [5, 5.41) is 18.9. The summed E-state index contributed by atoms with van der Waals surface area (Å²) in [6.45, 7) is 2.73. The number of amides is 2. The fraction of sp³-hybridized carbons (Fsp3) is 0.400. The second kappa shape index (κ2) is 7.95. The van der Waals surface area contributed by atoms with Gasteiger partial charge >= 0.3 is 6.03 Å².